The van der Waals surface area contributed by atoms with Crippen LogP contribution in [0.1, 0.15) is 42.4 Å². The normalized spacial score (nSPS) is 17.9. The second-order valence-corrected chi connectivity index (χ2v) is 12.1. The molecule has 0 bridgehead atoms. The van der Waals surface area contributed by atoms with Crippen LogP contribution in [-0.2, 0) is 52.6 Å². The first kappa shape index (κ1) is 31.3. The molecule has 0 saturated carbocycles. The van der Waals surface area contributed by atoms with E-state index in [1.54, 1.807) is 0 Å². The predicted molar refractivity (Wildman–Crippen MR) is 180 cm³/mol. The molecule has 10 nitrogen and oxygen atoms in total. The molecular weight excluding hydrogens is 610 g/mol. The minimum Gasteiger partial charge on any atom is -0.458 e. The molecule has 3 aromatic heterocycles. The quantitative estimate of drug-likeness (QED) is 0.103. The molecular formula is C38H37N3O7. The van der Waals surface area contributed by atoms with Crippen molar-refractivity contribution in [3.8, 4) is 0 Å². The molecule has 0 aliphatic carbocycles. The second kappa shape index (κ2) is 14.2. The molecule has 3 N–H and O–H groups in total. The molecule has 0 amide bonds. The van der Waals surface area contributed by atoms with Crippen LogP contribution in [0, 0.1) is 0 Å². The summed E-state index contributed by atoms with van der Waals surface area (Å²) in [6, 6.07) is 23.7. The van der Waals surface area contributed by atoms with Crippen LogP contribution in [0.4, 0.5) is 0 Å². The van der Waals surface area contributed by atoms with E-state index in [0.717, 1.165) is 49.4 Å². The fourth-order valence-corrected chi connectivity index (χ4v) is 6.42. The molecule has 1 fully saturated rings. The summed E-state index contributed by atoms with van der Waals surface area (Å²) in [7, 11) is 0. The van der Waals surface area contributed by atoms with Crippen LogP contribution in [-0.4, -0.2) is 58.0 Å². The summed E-state index contributed by atoms with van der Waals surface area (Å²) >= 11 is 0. The molecule has 1 aliphatic heterocycles. The van der Waals surface area contributed by atoms with Crippen molar-refractivity contribution >= 4 is 50.6 Å². The number of fused-ring (bicyclic) bond motifs is 3. The van der Waals surface area contributed by atoms with Gasteiger partial charge in [0.05, 0.1) is 13.0 Å². The molecule has 48 heavy (non-hydrogen) atoms. The molecule has 3 atom stereocenters. The van der Waals surface area contributed by atoms with E-state index < -0.39 is 36.4 Å². The van der Waals surface area contributed by atoms with E-state index >= 15 is 0 Å². The van der Waals surface area contributed by atoms with E-state index in [0.29, 0.717) is 19.3 Å². The van der Waals surface area contributed by atoms with Gasteiger partial charge < -0.3 is 33.9 Å². The van der Waals surface area contributed by atoms with Crippen molar-refractivity contribution in [2.75, 3.05) is 6.61 Å². The number of aromatic nitrogens is 3. The molecule has 0 spiro atoms. The summed E-state index contributed by atoms with van der Waals surface area (Å²) in [5.74, 6) is -1.29. The van der Waals surface area contributed by atoms with Crippen molar-refractivity contribution in [3.63, 3.8) is 0 Å². The molecule has 1 aliphatic rings. The number of aromatic amines is 3. The molecule has 7 rings (SSSR count). The number of nitrogens with one attached hydrogen (secondary N) is 3. The van der Waals surface area contributed by atoms with Crippen LogP contribution in [0.2, 0.25) is 0 Å². The Bertz CT molecular complexity index is 2060. The van der Waals surface area contributed by atoms with Crippen molar-refractivity contribution in [1.29, 1.82) is 0 Å². The van der Waals surface area contributed by atoms with Gasteiger partial charge in [-0.2, -0.15) is 0 Å². The van der Waals surface area contributed by atoms with Crippen molar-refractivity contribution in [2.45, 2.75) is 63.4 Å². The van der Waals surface area contributed by atoms with E-state index in [1.807, 2.05) is 91.4 Å². The van der Waals surface area contributed by atoms with Gasteiger partial charge in [0.15, 0.2) is 6.10 Å². The minimum atomic E-state index is -0.937. The maximum Gasteiger partial charge on any atom is 0.308 e. The average molecular weight is 648 g/mol. The van der Waals surface area contributed by atoms with Crippen LogP contribution in [0.3, 0.4) is 0 Å². The third-order valence-electron chi connectivity index (χ3n) is 8.93. The highest BCUT2D eigenvalue weighted by atomic mass is 16.7. The third kappa shape index (κ3) is 7.13. The zero-order valence-corrected chi connectivity index (χ0v) is 26.4. The minimum absolute atomic E-state index is 0.0536. The van der Waals surface area contributed by atoms with Gasteiger partial charge in [0.2, 0.25) is 6.29 Å². The fourth-order valence-electron chi connectivity index (χ4n) is 6.42. The molecule has 1 saturated heterocycles. The van der Waals surface area contributed by atoms with Crippen LogP contribution in [0.5, 0.6) is 0 Å². The van der Waals surface area contributed by atoms with Gasteiger partial charge in [-0.15, -0.1) is 0 Å². The molecule has 246 valence electrons. The van der Waals surface area contributed by atoms with E-state index in [1.165, 1.54) is 0 Å². The van der Waals surface area contributed by atoms with Gasteiger partial charge in [0, 0.05) is 70.6 Å². The Balaban J connectivity index is 0.969. The number of hydrogen-bond acceptors (Lipinski definition) is 7. The van der Waals surface area contributed by atoms with E-state index in [2.05, 4.69) is 15.0 Å². The number of hydrogen-bond donors (Lipinski definition) is 3. The van der Waals surface area contributed by atoms with E-state index in [4.69, 9.17) is 18.9 Å². The maximum absolute atomic E-state index is 13.1. The summed E-state index contributed by atoms with van der Waals surface area (Å²) in [4.78, 5) is 48.7. The smallest absolute Gasteiger partial charge is 0.308 e. The van der Waals surface area contributed by atoms with Gasteiger partial charge in [0.25, 0.3) is 0 Å². The van der Waals surface area contributed by atoms with Gasteiger partial charge in [-0.25, -0.2) is 0 Å². The lowest BCUT2D eigenvalue weighted by Gasteiger charge is -2.34. The Hall–Kier alpha value is -5.35. The van der Waals surface area contributed by atoms with E-state index in [-0.39, 0.29) is 32.3 Å². The number of rotatable bonds is 12. The van der Waals surface area contributed by atoms with Crippen molar-refractivity contribution in [1.82, 2.24) is 15.0 Å². The molecule has 4 heterocycles. The SMILES string of the molecule is O=C(CCc1c[nH]c2ccccc12)O[C@H]1C[C@H](OC(=O)CCc2c[nH]c3ccccc23)[C@H](OC(=O)CCc2c[nH]c3ccccc23)CO1. The van der Waals surface area contributed by atoms with Crippen LogP contribution >= 0.6 is 0 Å². The van der Waals surface area contributed by atoms with Crippen LogP contribution in [0.15, 0.2) is 91.4 Å². The van der Waals surface area contributed by atoms with Gasteiger partial charge in [-0.1, -0.05) is 54.6 Å². The molecule has 0 radical (unpaired) electrons. The lowest BCUT2D eigenvalue weighted by atomic mass is 10.1. The number of benzene rings is 3. The van der Waals surface area contributed by atoms with Gasteiger partial charge >= 0.3 is 17.9 Å². The Morgan fingerprint density at radius 1 is 0.562 bits per heavy atom. The summed E-state index contributed by atoms with van der Waals surface area (Å²) in [5, 5.41) is 3.17. The maximum atomic E-state index is 13.1. The number of aryl methyl sites for hydroxylation is 3. The number of carbonyl (C=O) groups excluding carboxylic acids is 3. The zero-order chi connectivity index (χ0) is 32.9. The number of carbonyl (C=O) groups is 3. The highest BCUT2D eigenvalue weighted by Gasteiger charge is 2.38. The molecule has 3 aromatic carbocycles. The first-order valence-corrected chi connectivity index (χ1v) is 16.3. The fraction of sp³-hybridized carbons (Fsp3) is 0.289. The van der Waals surface area contributed by atoms with Crippen LogP contribution in [0.25, 0.3) is 32.7 Å². The average Bonchev–Trinajstić information content (AvgIpc) is 3.83. The number of H-pyrrole nitrogens is 3. The monoisotopic (exact) mass is 647 g/mol. The largest absolute Gasteiger partial charge is 0.458 e. The number of para-hydroxylation sites is 3. The van der Waals surface area contributed by atoms with Gasteiger partial charge in [-0.05, 0) is 54.2 Å². The third-order valence-corrected chi connectivity index (χ3v) is 8.93. The van der Waals surface area contributed by atoms with Crippen molar-refractivity contribution in [3.05, 3.63) is 108 Å². The topological polar surface area (TPSA) is 136 Å². The Labute approximate surface area is 276 Å². The number of ether oxygens (including phenoxy) is 4. The first-order valence-electron chi connectivity index (χ1n) is 16.3. The Morgan fingerprint density at radius 2 is 0.958 bits per heavy atom. The van der Waals surface area contributed by atoms with Crippen LogP contribution < -0.4 is 0 Å². The summed E-state index contributed by atoms with van der Waals surface area (Å²) in [6.45, 7) is -0.0698. The summed E-state index contributed by atoms with van der Waals surface area (Å²) in [5.41, 5.74) is 6.06. The first-order chi connectivity index (χ1) is 23.5. The molecule has 0 unspecified atom stereocenters. The zero-order valence-electron chi connectivity index (χ0n) is 26.4. The predicted octanol–water partition coefficient (Wildman–Crippen LogP) is 6.44. The highest BCUT2D eigenvalue weighted by Crippen LogP contribution is 2.26. The van der Waals surface area contributed by atoms with Gasteiger partial charge in [-0.3, -0.25) is 14.4 Å². The van der Waals surface area contributed by atoms with Crippen molar-refractivity contribution < 1.29 is 33.3 Å². The lowest BCUT2D eigenvalue weighted by molar-refractivity contribution is -0.230. The standard InChI is InChI=1S/C38H37N3O7/c42-35(16-13-24-20-39-30-10-4-1-7-27(24)30)46-33-19-38(48-37(44)18-15-26-22-41-32-12-6-3-9-29(26)32)45-23-34(33)47-36(43)17-14-25-21-40-31-11-5-2-8-28(25)31/h1-12,20-22,33-34,38-41H,13-19,23H2/t33-,34+,38-/m0/s1. The number of esters is 3. The summed E-state index contributed by atoms with van der Waals surface area (Å²) in [6.07, 6.45) is 5.05. The molecule has 6 aromatic rings. The van der Waals surface area contributed by atoms with Gasteiger partial charge in [0.1, 0.15) is 6.10 Å². The van der Waals surface area contributed by atoms with E-state index in [9.17, 15) is 14.4 Å². The second-order valence-electron chi connectivity index (χ2n) is 12.1. The molecule has 10 heteroatoms. The van der Waals surface area contributed by atoms with Crippen molar-refractivity contribution in [2.24, 2.45) is 0 Å². The Morgan fingerprint density at radius 3 is 1.42 bits per heavy atom. The lowest BCUT2D eigenvalue weighted by Crippen LogP contribution is -2.47. The Kier molecular flexibility index (Phi) is 9.24. The highest BCUT2D eigenvalue weighted by molar-refractivity contribution is 5.85. The summed E-state index contributed by atoms with van der Waals surface area (Å²) < 4.78 is 23.2.